The molecule has 2 aromatic carbocycles. The molecule has 0 unspecified atom stereocenters. The lowest BCUT2D eigenvalue weighted by atomic mass is 9.93. The third-order valence-electron chi connectivity index (χ3n) is 6.22. The highest BCUT2D eigenvalue weighted by atomic mass is 32.2. The number of hydrogen-bond donors (Lipinski definition) is 3. The number of sulfonamides is 1. The number of amides is 1. The summed E-state index contributed by atoms with van der Waals surface area (Å²) in [5.74, 6) is -0.342. The van der Waals surface area contributed by atoms with E-state index in [0.717, 1.165) is 16.4 Å². The van der Waals surface area contributed by atoms with E-state index in [4.69, 9.17) is 15.6 Å². The predicted molar refractivity (Wildman–Crippen MR) is 137 cm³/mol. The van der Waals surface area contributed by atoms with Gasteiger partial charge in [0.15, 0.2) is 5.75 Å². The third kappa shape index (κ3) is 5.44. The van der Waals surface area contributed by atoms with Gasteiger partial charge in [0.25, 0.3) is 0 Å². The maximum absolute atomic E-state index is 13.2. The highest BCUT2D eigenvalue weighted by molar-refractivity contribution is 7.89. The van der Waals surface area contributed by atoms with E-state index in [-0.39, 0.29) is 28.2 Å². The Hall–Kier alpha value is -3.25. The van der Waals surface area contributed by atoms with Gasteiger partial charge in [-0.05, 0) is 48.4 Å². The minimum absolute atomic E-state index is 0.0300. The number of aliphatic hydroxyl groups excluding tert-OH is 1. The Morgan fingerprint density at radius 1 is 1.28 bits per heavy atom. The number of nitrogens with two attached hydrogens (primary N) is 1. The number of aromatic nitrogens is 1. The van der Waals surface area contributed by atoms with Crippen molar-refractivity contribution in [3.05, 3.63) is 59.8 Å². The van der Waals surface area contributed by atoms with E-state index in [1.807, 2.05) is 24.3 Å². The molecule has 1 fully saturated rings. The van der Waals surface area contributed by atoms with Crippen LogP contribution in [0, 0.1) is 0 Å². The summed E-state index contributed by atoms with van der Waals surface area (Å²) >= 11 is 0. The number of anilines is 1. The van der Waals surface area contributed by atoms with E-state index in [9.17, 15) is 18.3 Å². The van der Waals surface area contributed by atoms with Gasteiger partial charge in [-0.1, -0.05) is 12.1 Å². The smallest absolute Gasteiger partial charge is 0.249 e. The van der Waals surface area contributed by atoms with E-state index < -0.39 is 15.9 Å². The van der Waals surface area contributed by atoms with Gasteiger partial charge in [0.2, 0.25) is 15.9 Å². The monoisotopic (exact) mass is 513 g/mol. The Labute approximate surface area is 210 Å². The average molecular weight is 514 g/mol. The summed E-state index contributed by atoms with van der Waals surface area (Å²) in [5, 5.41) is 10.5. The maximum Gasteiger partial charge on any atom is 0.249 e. The molecule has 4 rings (SSSR count). The van der Waals surface area contributed by atoms with Gasteiger partial charge in [-0.15, -0.1) is 0 Å². The molecular weight excluding hydrogens is 482 g/mol. The first-order chi connectivity index (χ1) is 17.1. The molecule has 1 aliphatic rings. The van der Waals surface area contributed by atoms with Gasteiger partial charge in [0.05, 0.1) is 11.6 Å². The number of benzene rings is 2. The number of nitrogens with one attached hydrogen (secondary N) is 1. The molecule has 1 aromatic heterocycles. The molecule has 0 aliphatic carbocycles. The number of aliphatic hydroxyl groups is 1. The number of β-amino-alcohol motifs (C(OH)–C–C–N with tert-alkyl or cyclic N) is 1. The molecule has 4 N–H and O–H groups in total. The van der Waals surface area contributed by atoms with E-state index in [1.54, 1.807) is 12.1 Å². The number of carbonyl (C=O) groups is 1. The fourth-order valence-corrected chi connectivity index (χ4v) is 5.41. The van der Waals surface area contributed by atoms with Gasteiger partial charge in [0.1, 0.15) is 4.90 Å². The molecule has 1 aliphatic heterocycles. The Morgan fingerprint density at radius 3 is 2.69 bits per heavy atom. The van der Waals surface area contributed by atoms with E-state index in [2.05, 4.69) is 10.4 Å². The van der Waals surface area contributed by atoms with E-state index in [0.29, 0.717) is 36.3 Å². The van der Waals surface area contributed by atoms with E-state index in [1.165, 1.54) is 33.2 Å². The van der Waals surface area contributed by atoms with Crippen LogP contribution in [0.2, 0.25) is 0 Å². The minimum Gasteiger partial charge on any atom is -0.399 e. The first-order valence-corrected chi connectivity index (χ1v) is 13.1. The van der Waals surface area contributed by atoms with Crippen LogP contribution < -0.4 is 16.1 Å². The number of hydroxylamine groups is 1. The van der Waals surface area contributed by atoms with Crippen LogP contribution in [-0.4, -0.2) is 73.5 Å². The number of rotatable bonds is 8. The predicted octanol–water partition coefficient (Wildman–Crippen LogP) is 1.70. The minimum atomic E-state index is -3.83. The first kappa shape index (κ1) is 25.8. The second-order valence-corrected chi connectivity index (χ2v) is 11.3. The molecule has 0 radical (unpaired) electrons. The topological polar surface area (TPSA) is 138 Å². The van der Waals surface area contributed by atoms with Crippen LogP contribution in [0.4, 0.5) is 5.69 Å². The van der Waals surface area contributed by atoms with E-state index >= 15 is 0 Å². The van der Waals surface area contributed by atoms with Crippen LogP contribution in [0.3, 0.4) is 0 Å². The Balaban J connectivity index is 1.88. The van der Waals surface area contributed by atoms with Crippen molar-refractivity contribution in [3.8, 4) is 5.75 Å². The van der Waals surface area contributed by atoms with Crippen molar-refractivity contribution in [2.75, 3.05) is 39.5 Å². The zero-order chi connectivity index (χ0) is 26.0. The van der Waals surface area contributed by atoms with Gasteiger partial charge < -0.3 is 15.7 Å². The fourth-order valence-electron chi connectivity index (χ4n) is 4.38. The molecule has 2 heterocycles. The lowest BCUT2D eigenvalue weighted by Gasteiger charge is -2.25. The third-order valence-corrected chi connectivity index (χ3v) is 8.07. The maximum atomic E-state index is 13.2. The summed E-state index contributed by atoms with van der Waals surface area (Å²) in [6.07, 6.45) is 0.325. The molecular formula is C25H31N5O5S. The number of likely N-dealkylation sites (tertiary alicyclic amines) is 1. The number of fused-ring (bicyclic) bond motifs is 1. The number of pyridine rings is 1. The molecule has 0 bridgehead atoms. The van der Waals surface area contributed by atoms with Crippen LogP contribution in [0.1, 0.15) is 30.5 Å². The summed E-state index contributed by atoms with van der Waals surface area (Å²) in [7, 11) is -0.912. The van der Waals surface area contributed by atoms with Crippen LogP contribution >= 0.6 is 0 Å². The molecule has 0 spiro atoms. The molecule has 1 amide bonds. The second kappa shape index (κ2) is 10.4. The van der Waals surface area contributed by atoms with Gasteiger partial charge in [-0.2, -0.15) is 5.48 Å². The fraction of sp³-hybridized carbons (Fsp3) is 0.360. The summed E-state index contributed by atoms with van der Waals surface area (Å²) in [5.41, 5.74) is 10.8. The highest BCUT2D eigenvalue weighted by Gasteiger charge is 2.28. The highest BCUT2D eigenvalue weighted by Crippen LogP contribution is 2.34. The number of hydrogen-bond acceptors (Lipinski definition) is 8. The van der Waals surface area contributed by atoms with Crippen molar-refractivity contribution < 1.29 is 23.2 Å². The Kier molecular flexibility index (Phi) is 7.46. The molecule has 10 nitrogen and oxygen atoms in total. The largest absolute Gasteiger partial charge is 0.399 e. The lowest BCUT2D eigenvalue weighted by molar-refractivity contribution is -0.125. The van der Waals surface area contributed by atoms with Gasteiger partial charge in [-0.3, -0.25) is 14.7 Å². The molecule has 36 heavy (non-hydrogen) atoms. The summed E-state index contributed by atoms with van der Waals surface area (Å²) in [6.45, 7) is 3.20. The van der Waals surface area contributed by atoms with Gasteiger partial charge >= 0.3 is 0 Å². The Morgan fingerprint density at radius 2 is 2.06 bits per heavy atom. The molecule has 11 heteroatoms. The summed E-state index contributed by atoms with van der Waals surface area (Å²) < 4.78 is 27.4. The standard InChI is InChI=1S/C25H31N5O5S/c1-16(31)28-35-23-9-10-24(36(33,34)29(2)3)25-20(23)7-8-22(27-25)21(15-30-12-11-19(32)14-30)17-5-4-6-18(26)13-17/h4-10,13,19,21,32H,11-12,14-15,26H2,1-3H3,(H,28,31)/t19-,21+/m0/s1. The van der Waals surface area contributed by atoms with Crippen LogP contribution in [0.5, 0.6) is 5.75 Å². The normalized spacial score (nSPS) is 17.4. The Bertz CT molecular complexity index is 1380. The van der Waals surface area contributed by atoms with Crippen molar-refractivity contribution in [3.63, 3.8) is 0 Å². The van der Waals surface area contributed by atoms with Gasteiger partial charge in [-0.25, -0.2) is 12.7 Å². The second-order valence-electron chi connectivity index (χ2n) is 9.17. The zero-order valence-corrected chi connectivity index (χ0v) is 21.3. The molecule has 2 atom stereocenters. The van der Waals surface area contributed by atoms with Crippen LogP contribution in [-0.2, 0) is 14.8 Å². The zero-order valence-electron chi connectivity index (χ0n) is 20.5. The number of nitrogens with zero attached hydrogens (tertiary/aromatic N) is 3. The molecule has 3 aromatic rings. The van der Waals surface area contributed by atoms with Crippen molar-refractivity contribution in [1.29, 1.82) is 0 Å². The lowest BCUT2D eigenvalue weighted by Crippen LogP contribution is -2.28. The number of nitrogen functional groups attached to an aromatic ring is 1. The SMILES string of the molecule is CC(=O)NOc1ccc(S(=O)(=O)N(C)C)c2nc([C@H](CN3CC[C@H](O)C3)c3cccc(N)c3)ccc12. The summed E-state index contributed by atoms with van der Waals surface area (Å²) in [6, 6.07) is 14.0. The summed E-state index contributed by atoms with van der Waals surface area (Å²) in [4.78, 5) is 23.9. The number of carbonyl (C=O) groups excluding carboxylic acids is 1. The van der Waals surface area contributed by atoms with Crippen molar-refractivity contribution in [2.24, 2.45) is 0 Å². The van der Waals surface area contributed by atoms with Gasteiger partial charge in [0, 0.05) is 63.3 Å². The molecule has 0 saturated carbocycles. The molecule has 192 valence electrons. The molecule has 1 saturated heterocycles. The quantitative estimate of drug-likeness (QED) is 0.306. The van der Waals surface area contributed by atoms with Crippen molar-refractivity contribution in [1.82, 2.24) is 19.7 Å². The van der Waals surface area contributed by atoms with Crippen molar-refractivity contribution in [2.45, 2.75) is 30.3 Å². The van der Waals surface area contributed by atoms with Crippen LogP contribution in [0.15, 0.2) is 53.4 Å². The first-order valence-electron chi connectivity index (χ1n) is 11.6. The average Bonchev–Trinajstić information content (AvgIpc) is 3.25. The van der Waals surface area contributed by atoms with Crippen LogP contribution in [0.25, 0.3) is 10.9 Å². The van der Waals surface area contributed by atoms with Crippen molar-refractivity contribution >= 4 is 32.5 Å².